The van der Waals surface area contributed by atoms with Crippen LogP contribution in [0.1, 0.15) is 38.3 Å². The molecule has 0 aliphatic heterocycles. The summed E-state index contributed by atoms with van der Waals surface area (Å²) in [6.45, 7) is 4.51. The molecule has 0 spiro atoms. The highest BCUT2D eigenvalue weighted by molar-refractivity contribution is 6.06. The molecule has 5 heteroatoms. The maximum absolute atomic E-state index is 13.6. The zero-order chi connectivity index (χ0) is 17.4. The van der Waals surface area contributed by atoms with E-state index in [2.05, 4.69) is 0 Å². The molecule has 1 aromatic rings. The second-order valence-electron chi connectivity index (χ2n) is 5.79. The molecule has 2 nitrogen and oxygen atoms in total. The molecule has 0 aromatic heterocycles. The highest BCUT2D eigenvalue weighted by Crippen LogP contribution is 2.47. The van der Waals surface area contributed by atoms with Crippen LogP contribution in [0.25, 0.3) is 5.57 Å². The Morgan fingerprint density at radius 2 is 1.83 bits per heavy atom. The van der Waals surface area contributed by atoms with Crippen LogP contribution >= 0.6 is 0 Å². The smallest absolute Gasteiger partial charge is 0.295 e. The summed E-state index contributed by atoms with van der Waals surface area (Å²) >= 11 is 0. The number of ketones is 1. The monoisotopic (exact) mass is 319 g/mol. The number of nitrogens with zero attached hydrogens (tertiary/aromatic N) is 1. The maximum atomic E-state index is 13.6. The number of hydrogen-bond donors (Lipinski definition) is 0. The largest absolute Gasteiger partial charge is 0.416 e. The summed E-state index contributed by atoms with van der Waals surface area (Å²) in [7, 11) is 0. The Kier molecular flexibility index (Phi) is 4.46. The lowest BCUT2D eigenvalue weighted by Gasteiger charge is -2.30. The minimum Gasteiger partial charge on any atom is -0.295 e. The normalized spacial score (nSPS) is 18.9. The Labute approximate surface area is 132 Å². The van der Waals surface area contributed by atoms with Crippen molar-refractivity contribution in [2.45, 2.75) is 33.4 Å². The van der Waals surface area contributed by atoms with E-state index in [1.807, 2.05) is 6.07 Å². The summed E-state index contributed by atoms with van der Waals surface area (Å²) in [6.07, 6.45) is -4.32. The number of carbonyl (C=O) groups excluding carboxylic acids is 1. The Hall–Kier alpha value is -2.35. The molecule has 0 heterocycles. The molecule has 0 amide bonds. The molecule has 1 aliphatic rings. The van der Waals surface area contributed by atoms with Crippen LogP contribution in [0.4, 0.5) is 13.2 Å². The molecular weight excluding hydrogens is 303 g/mol. The number of carbonyl (C=O) groups is 1. The molecule has 1 aromatic carbocycles. The third kappa shape index (κ3) is 3.21. The van der Waals surface area contributed by atoms with Crippen molar-refractivity contribution in [3.63, 3.8) is 0 Å². The van der Waals surface area contributed by atoms with Crippen molar-refractivity contribution in [3.05, 3.63) is 52.1 Å². The summed E-state index contributed by atoms with van der Waals surface area (Å²) in [5, 5.41) is 8.84. The molecule has 1 unspecified atom stereocenters. The van der Waals surface area contributed by atoms with Crippen molar-refractivity contribution in [1.82, 2.24) is 0 Å². The lowest BCUT2D eigenvalue weighted by Crippen LogP contribution is -2.24. The van der Waals surface area contributed by atoms with Gasteiger partial charge in [-0.05, 0) is 43.9 Å². The van der Waals surface area contributed by atoms with Crippen LogP contribution < -0.4 is 0 Å². The standard InChI is InChI=1S/C18H16F3NO/c1-10-8-11(2)17(18(19,20)21)16(15(10)12(3)23)14-6-4-13(9-22)5-7-14/h4-7,10H,8H2,1-3H3. The van der Waals surface area contributed by atoms with E-state index >= 15 is 0 Å². The third-order valence-corrected chi connectivity index (χ3v) is 4.02. The molecule has 0 saturated carbocycles. The van der Waals surface area contributed by atoms with Crippen molar-refractivity contribution < 1.29 is 18.0 Å². The van der Waals surface area contributed by atoms with Crippen LogP contribution in [-0.4, -0.2) is 12.0 Å². The van der Waals surface area contributed by atoms with Gasteiger partial charge in [0.25, 0.3) is 0 Å². The van der Waals surface area contributed by atoms with Crippen LogP contribution in [-0.2, 0) is 4.79 Å². The fourth-order valence-corrected chi connectivity index (χ4v) is 3.18. The first-order valence-corrected chi connectivity index (χ1v) is 7.19. The zero-order valence-electron chi connectivity index (χ0n) is 13.1. The third-order valence-electron chi connectivity index (χ3n) is 4.02. The highest BCUT2D eigenvalue weighted by atomic mass is 19.4. The predicted molar refractivity (Wildman–Crippen MR) is 81.3 cm³/mol. The molecule has 23 heavy (non-hydrogen) atoms. The molecule has 0 bridgehead atoms. The van der Waals surface area contributed by atoms with Crippen LogP contribution in [0.3, 0.4) is 0 Å². The van der Waals surface area contributed by atoms with Crippen molar-refractivity contribution in [2.75, 3.05) is 0 Å². The Bertz CT molecular complexity index is 746. The molecule has 0 fully saturated rings. The van der Waals surface area contributed by atoms with E-state index in [9.17, 15) is 18.0 Å². The fraction of sp³-hybridized carbons (Fsp3) is 0.333. The maximum Gasteiger partial charge on any atom is 0.416 e. The van der Waals surface area contributed by atoms with Crippen LogP contribution in [0.15, 0.2) is 41.0 Å². The number of Topliss-reactive ketones (excluding diaryl/α,β-unsaturated/α-hetero) is 1. The van der Waals surface area contributed by atoms with Gasteiger partial charge in [-0.25, -0.2) is 0 Å². The number of halogens is 3. The molecular formula is C18H16F3NO. The van der Waals surface area contributed by atoms with Gasteiger partial charge in [0.05, 0.1) is 17.2 Å². The average Bonchev–Trinajstić information content (AvgIpc) is 2.44. The van der Waals surface area contributed by atoms with Crippen molar-refractivity contribution in [2.24, 2.45) is 5.92 Å². The second kappa shape index (κ2) is 6.04. The Morgan fingerprint density at radius 1 is 1.26 bits per heavy atom. The minimum absolute atomic E-state index is 0.0502. The summed E-state index contributed by atoms with van der Waals surface area (Å²) in [5.74, 6) is -0.629. The summed E-state index contributed by atoms with van der Waals surface area (Å²) in [4.78, 5) is 12.0. The van der Waals surface area contributed by atoms with Gasteiger partial charge in [-0.2, -0.15) is 18.4 Å². The van der Waals surface area contributed by atoms with Crippen LogP contribution in [0.5, 0.6) is 0 Å². The van der Waals surface area contributed by atoms with Crippen LogP contribution in [0.2, 0.25) is 0 Å². The van der Waals surface area contributed by atoms with E-state index in [4.69, 9.17) is 5.26 Å². The van der Waals surface area contributed by atoms with Gasteiger partial charge >= 0.3 is 6.18 Å². The first-order chi connectivity index (χ1) is 10.7. The van der Waals surface area contributed by atoms with Crippen molar-refractivity contribution in [1.29, 1.82) is 5.26 Å². The topological polar surface area (TPSA) is 40.9 Å². The second-order valence-corrected chi connectivity index (χ2v) is 5.79. The molecule has 1 atom stereocenters. The predicted octanol–water partition coefficient (Wildman–Crippen LogP) is 4.82. The van der Waals surface area contributed by atoms with E-state index in [1.165, 1.54) is 38.1 Å². The number of nitriles is 1. The zero-order valence-corrected chi connectivity index (χ0v) is 13.1. The molecule has 2 rings (SSSR count). The molecule has 0 N–H and O–H groups in total. The van der Waals surface area contributed by atoms with Crippen molar-refractivity contribution in [3.8, 4) is 6.07 Å². The fourth-order valence-electron chi connectivity index (χ4n) is 3.18. The molecule has 1 aliphatic carbocycles. The summed E-state index contributed by atoms with van der Waals surface area (Å²) in [6, 6.07) is 7.79. The van der Waals surface area contributed by atoms with Crippen molar-refractivity contribution >= 4 is 11.4 Å². The molecule has 120 valence electrons. The van der Waals surface area contributed by atoms with E-state index in [-0.39, 0.29) is 34.8 Å². The van der Waals surface area contributed by atoms with Gasteiger partial charge in [0, 0.05) is 11.1 Å². The van der Waals surface area contributed by atoms with Gasteiger partial charge in [0.1, 0.15) is 0 Å². The number of benzene rings is 1. The van der Waals surface area contributed by atoms with E-state index in [1.54, 1.807) is 6.92 Å². The Balaban J connectivity index is 2.78. The van der Waals surface area contributed by atoms with Gasteiger partial charge in [-0.15, -0.1) is 0 Å². The number of alkyl halides is 3. The van der Waals surface area contributed by atoms with E-state index in [0.29, 0.717) is 11.1 Å². The van der Waals surface area contributed by atoms with E-state index in [0.717, 1.165) is 0 Å². The minimum atomic E-state index is -4.53. The quantitative estimate of drug-likeness (QED) is 0.784. The van der Waals surface area contributed by atoms with E-state index < -0.39 is 11.7 Å². The van der Waals surface area contributed by atoms with Gasteiger partial charge in [0.15, 0.2) is 5.78 Å². The van der Waals surface area contributed by atoms with Gasteiger partial charge in [0.2, 0.25) is 0 Å². The lowest BCUT2D eigenvalue weighted by atomic mass is 9.75. The number of hydrogen-bond acceptors (Lipinski definition) is 2. The van der Waals surface area contributed by atoms with Crippen LogP contribution in [0, 0.1) is 17.2 Å². The summed E-state index contributed by atoms with van der Waals surface area (Å²) in [5.41, 5.74) is 0.322. The van der Waals surface area contributed by atoms with Gasteiger partial charge in [-0.1, -0.05) is 24.6 Å². The Morgan fingerprint density at radius 3 is 2.26 bits per heavy atom. The average molecular weight is 319 g/mol. The molecule has 0 radical (unpaired) electrons. The summed E-state index contributed by atoms with van der Waals surface area (Å²) < 4.78 is 40.7. The van der Waals surface area contributed by atoms with Gasteiger partial charge in [-0.3, -0.25) is 4.79 Å². The number of rotatable bonds is 2. The highest BCUT2D eigenvalue weighted by Gasteiger charge is 2.42. The molecule has 0 saturated heterocycles. The van der Waals surface area contributed by atoms with Gasteiger partial charge < -0.3 is 0 Å². The number of allylic oxidation sites excluding steroid dienone is 4. The first kappa shape index (κ1) is 17.0. The first-order valence-electron chi connectivity index (χ1n) is 7.19. The SMILES string of the molecule is CC(=O)C1=C(c2ccc(C#N)cc2)C(C(F)(F)F)=C(C)CC1C. The lowest BCUT2D eigenvalue weighted by molar-refractivity contribution is -0.114.